The number of hydrogen-bond acceptors (Lipinski definition) is 7. The second-order valence-electron chi connectivity index (χ2n) is 9.72. The molecular formula is C26H44N8O5. The number of guanidine groups is 1. The largest absolute Gasteiger partial charge is 0.480 e. The SMILES string of the molecule is CC(C)C(NC(=O)C(N)CCCCN)C(=O)NC(Cc1ccccc1)C(=O)NC(CCCN=C(N)N)C(=O)O. The normalized spacial score (nSPS) is 14.0. The van der Waals surface area contributed by atoms with Crippen LogP contribution in [0.3, 0.4) is 0 Å². The van der Waals surface area contributed by atoms with Gasteiger partial charge in [0, 0.05) is 13.0 Å². The minimum absolute atomic E-state index is 0.0799. The second-order valence-corrected chi connectivity index (χ2v) is 9.72. The zero-order chi connectivity index (χ0) is 29.4. The van der Waals surface area contributed by atoms with Crippen molar-refractivity contribution in [2.24, 2.45) is 33.8 Å². The Morgan fingerprint density at radius 3 is 2.08 bits per heavy atom. The van der Waals surface area contributed by atoms with Crippen molar-refractivity contribution in [3.8, 4) is 0 Å². The Bertz CT molecular complexity index is 953. The summed E-state index contributed by atoms with van der Waals surface area (Å²) in [6.07, 6.45) is 2.34. The van der Waals surface area contributed by atoms with Crippen LogP contribution in [0.2, 0.25) is 0 Å². The summed E-state index contributed by atoms with van der Waals surface area (Å²) in [5.41, 5.74) is 22.8. The van der Waals surface area contributed by atoms with E-state index in [-0.39, 0.29) is 31.3 Å². The highest BCUT2D eigenvalue weighted by Crippen LogP contribution is 2.09. The third-order valence-corrected chi connectivity index (χ3v) is 6.03. The van der Waals surface area contributed by atoms with E-state index in [0.29, 0.717) is 25.8 Å². The summed E-state index contributed by atoms with van der Waals surface area (Å²) in [5.74, 6) is -3.38. The van der Waals surface area contributed by atoms with Gasteiger partial charge in [0.1, 0.15) is 18.1 Å². The molecule has 0 aliphatic rings. The Morgan fingerprint density at radius 2 is 1.51 bits per heavy atom. The van der Waals surface area contributed by atoms with Gasteiger partial charge in [-0.1, -0.05) is 50.6 Å². The molecule has 12 N–H and O–H groups in total. The molecule has 0 bridgehead atoms. The van der Waals surface area contributed by atoms with Crippen molar-refractivity contribution in [2.45, 2.75) is 76.5 Å². The molecule has 0 aliphatic heterocycles. The first-order chi connectivity index (χ1) is 18.5. The van der Waals surface area contributed by atoms with E-state index in [0.717, 1.165) is 12.0 Å². The van der Waals surface area contributed by atoms with Gasteiger partial charge in [0.05, 0.1) is 6.04 Å². The highest BCUT2D eigenvalue weighted by molar-refractivity contribution is 5.94. The average Bonchev–Trinajstić information content (AvgIpc) is 2.88. The maximum absolute atomic E-state index is 13.3. The van der Waals surface area contributed by atoms with Gasteiger partial charge >= 0.3 is 5.97 Å². The molecular weight excluding hydrogens is 504 g/mol. The van der Waals surface area contributed by atoms with E-state index in [4.69, 9.17) is 22.9 Å². The number of carboxylic acids is 1. The molecule has 0 aliphatic carbocycles. The maximum atomic E-state index is 13.3. The molecule has 0 fully saturated rings. The van der Waals surface area contributed by atoms with Crippen molar-refractivity contribution in [2.75, 3.05) is 13.1 Å². The van der Waals surface area contributed by atoms with Gasteiger partial charge in [0.2, 0.25) is 17.7 Å². The minimum atomic E-state index is -1.23. The van der Waals surface area contributed by atoms with Crippen LogP contribution in [-0.2, 0) is 25.6 Å². The molecule has 4 atom stereocenters. The van der Waals surface area contributed by atoms with E-state index in [2.05, 4.69) is 20.9 Å². The average molecular weight is 549 g/mol. The van der Waals surface area contributed by atoms with Crippen molar-refractivity contribution in [1.82, 2.24) is 16.0 Å². The molecule has 1 rings (SSSR count). The monoisotopic (exact) mass is 548 g/mol. The van der Waals surface area contributed by atoms with Crippen molar-refractivity contribution in [3.05, 3.63) is 35.9 Å². The van der Waals surface area contributed by atoms with Crippen LogP contribution < -0.4 is 38.9 Å². The van der Waals surface area contributed by atoms with Gasteiger partial charge in [0.15, 0.2) is 5.96 Å². The van der Waals surface area contributed by atoms with Gasteiger partial charge in [0.25, 0.3) is 0 Å². The Labute approximate surface area is 229 Å². The van der Waals surface area contributed by atoms with Gasteiger partial charge in [-0.3, -0.25) is 19.4 Å². The molecule has 13 nitrogen and oxygen atoms in total. The number of amides is 3. The van der Waals surface area contributed by atoms with E-state index in [1.807, 2.05) is 6.07 Å². The number of hydrogen-bond donors (Lipinski definition) is 8. The highest BCUT2D eigenvalue weighted by Gasteiger charge is 2.31. The molecule has 0 saturated carbocycles. The first kappa shape index (κ1) is 33.3. The fourth-order valence-electron chi connectivity index (χ4n) is 3.79. The summed E-state index contributed by atoms with van der Waals surface area (Å²) in [4.78, 5) is 54.8. The summed E-state index contributed by atoms with van der Waals surface area (Å²) < 4.78 is 0. The van der Waals surface area contributed by atoms with E-state index < -0.39 is 47.9 Å². The number of nitrogens with two attached hydrogens (primary N) is 4. The van der Waals surface area contributed by atoms with E-state index in [9.17, 15) is 24.3 Å². The summed E-state index contributed by atoms with van der Waals surface area (Å²) in [6.45, 7) is 4.22. The van der Waals surface area contributed by atoms with Crippen LogP contribution in [0.4, 0.5) is 0 Å². The van der Waals surface area contributed by atoms with Gasteiger partial charge in [-0.25, -0.2) is 4.79 Å². The fraction of sp³-hybridized carbons (Fsp3) is 0.577. The summed E-state index contributed by atoms with van der Waals surface area (Å²) in [6, 6.07) is 4.90. The summed E-state index contributed by atoms with van der Waals surface area (Å²) in [7, 11) is 0. The predicted molar refractivity (Wildman–Crippen MR) is 149 cm³/mol. The molecule has 4 unspecified atom stereocenters. The number of aliphatic imine (C=N–C) groups is 1. The van der Waals surface area contributed by atoms with Crippen molar-refractivity contribution >= 4 is 29.7 Å². The fourth-order valence-corrected chi connectivity index (χ4v) is 3.79. The Hall–Kier alpha value is -3.71. The van der Waals surface area contributed by atoms with Gasteiger partial charge in [-0.2, -0.15) is 0 Å². The Balaban J connectivity index is 3.02. The lowest BCUT2D eigenvalue weighted by atomic mass is 10.00. The Kier molecular flexibility index (Phi) is 15.2. The lowest BCUT2D eigenvalue weighted by Gasteiger charge is -2.27. The smallest absolute Gasteiger partial charge is 0.326 e. The lowest BCUT2D eigenvalue weighted by molar-refractivity contribution is -0.142. The molecule has 1 aromatic rings. The van der Waals surface area contributed by atoms with Gasteiger partial charge in [-0.15, -0.1) is 0 Å². The first-order valence-electron chi connectivity index (χ1n) is 13.1. The summed E-state index contributed by atoms with van der Waals surface area (Å²) >= 11 is 0. The molecule has 0 saturated heterocycles. The van der Waals surface area contributed by atoms with Gasteiger partial charge < -0.3 is 44.0 Å². The van der Waals surface area contributed by atoms with E-state index >= 15 is 0 Å². The molecule has 39 heavy (non-hydrogen) atoms. The summed E-state index contributed by atoms with van der Waals surface area (Å²) in [5, 5.41) is 17.5. The number of carboxylic acid groups (broad SMARTS) is 1. The maximum Gasteiger partial charge on any atom is 0.326 e. The van der Waals surface area contributed by atoms with Crippen LogP contribution in [0.5, 0.6) is 0 Å². The third kappa shape index (κ3) is 13.1. The molecule has 0 heterocycles. The number of nitrogens with zero attached hydrogens (tertiary/aromatic N) is 1. The predicted octanol–water partition coefficient (Wildman–Crippen LogP) is -1.07. The quantitative estimate of drug-likeness (QED) is 0.0632. The molecule has 0 spiro atoms. The number of benzene rings is 1. The van der Waals surface area contributed by atoms with E-state index in [1.54, 1.807) is 38.1 Å². The number of rotatable bonds is 18. The molecule has 0 aromatic heterocycles. The lowest BCUT2D eigenvalue weighted by Crippen LogP contribution is -2.58. The zero-order valence-electron chi connectivity index (χ0n) is 22.8. The van der Waals surface area contributed by atoms with Crippen molar-refractivity contribution in [3.63, 3.8) is 0 Å². The van der Waals surface area contributed by atoms with Crippen LogP contribution in [-0.4, -0.2) is 72.0 Å². The van der Waals surface area contributed by atoms with Crippen molar-refractivity contribution in [1.29, 1.82) is 0 Å². The third-order valence-electron chi connectivity index (χ3n) is 6.03. The standard InChI is InChI=1S/C26H44N8O5/c1-16(2)21(34-22(35)18(28)11-6-7-13-27)24(37)33-20(15-17-9-4-3-5-10-17)23(36)32-19(25(38)39)12-8-14-31-26(29)30/h3-5,9-10,16,18-21H,6-8,11-15,27-28H2,1-2H3,(H,32,36)(H,33,37)(H,34,35)(H,38,39)(H4,29,30,31). The van der Waals surface area contributed by atoms with Crippen LogP contribution >= 0.6 is 0 Å². The zero-order valence-corrected chi connectivity index (χ0v) is 22.8. The second kappa shape index (κ2) is 17.7. The Morgan fingerprint density at radius 1 is 0.872 bits per heavy atom. The van der Waals surface area contributed by atoms with Crippen LogP contribution in [0.25, 0.3) is 0 Å². The van der Waals surface area contributed by atoms with Crippen LogP contribution in [0.1, 0.15) is 51.5 Å². The number of carbonyl (C=O) groups excluding carboxylic acids is 3. The highest BCUT2D eigenvalue weighted by atomic mass is 16.4. The first-order valence-corrected chi connectivity index (χ1v) is 13.1. The van der Waals surface area contributed by atoms with Gasteiger partial charge in [-0.05, 0) is 43.7 Å². The molecule has 218 valence electrons. The number of carbonyl (C=O) groups is 4. The molecule has 1 aromatic carbocycles. The molecule has 0 radical (unpaired) electrons. The topological polar surface area (TPSA) is 241 Å². The number of aliphatic carboxylic acids is 1. The number of nitrogens with one attached hydrogen (secondary N) is 3. The van der Waals surface area contributed by atoms with Crippen LogP contribution in [0.15, 0.2) is 35.3 Å². The number of unbranched alkanes of at least 4 members (excludes halogenated alkanes) is 1. The van der Waals surface area contributed by atoms with Crippen molar-refractivity contribution < 1.29 is 24.3 Å². The van der Waals surface area contributed by atoms with E-state index in [1.165, 1.54) is 0 Å². The minimum Gasteiger partial charge on any atom is -0.480 e. The molecule has 3 amide bonds. The van der Waals surface area contributed by atoms with Crippen LogP contribution in [0, 0.1) is 5.92 Å². The molecule has 13 heteroatoms.